The Morgan fingerprint density at radius 3 is 3.05 bits per heavy atom. The largest absolute Gasteiger partial charge is 0.493 e. The van der Waals surface area contributed by atoms with Crippen LogP contribution in [0, 0.1) is 0 Å². The van der Waals surface area contributed by atoms with Crippen LogP contribution in [0.1, 0.15) is 29.3 Å². The number of nitrogens with two attached hydrogens (primary N) is 1. The van der Waals surface area contributed by atoms with Crippen molar-refractivity contribution in [1.29, 1.82) is 0 Å². The van der Waals surface area contributed by atoms with Gasteiger partial charge in [0.2, 0.25) is 0 Å². The van der Waals surface area contributed by atoms with E-state index in [4.69, 9.17) is 10.5 Å². The van der Waals surface area contributed by atoms with Crippen LogP contribution in [0.5, 0.6) is 5.75 Å². The lowest BCUT2D eigenvalue weighted by Crippen LogP contribution is -2.05. The molecule has 1 aliphatic rings. The van der Waals surface area contributed by atoms with Crippen LogP contribution in [0.25, 0.3) is 0 Å². The highest BCUT2D eigenvalue weighted by molar-refractivity contribution is 5.40. The molecular formula is C16H18N2O. The Morgan fingerprint density at radius 1 is 1.26 bits per heavy atom. The van der Waals surface area contributed by atoms with Crippen molar-refractivity contribution in [1.82, 2.24) is 4.98 Å². The predicted octanol–water partition coefficient (Wildman–Crippen LogP) is 2.65. The molecule has 2 aromatic rings. The van der Waals surface area contributed by atoms with Gasteiger partial charge in [0.05, 0.1) is 6.61 Å². The molecule has 0 radical (unpaired) electrons. The second-order valence-corrected chi connectivity index (χ2v) is 4.93. The fraction of sp³-hybridized carbons (Fsp3) is 0.312. The van der Waals surface area contributed by atoms with Crippen LogP contribution >= 0.6 is 0 Å². The van der Waals surface area contributed by atoms with E-state index >= 15 is 0 Å². The summed E-state index contributed by atoms with van der Waals surface area (Å²) in [5, 5.41) is 0. The van der Waals surface area contributed by atoms with Gasteiger partial charge in [0.25, 0.3) is 0 Å². The predicted molar refractivity (Wildman–Crippen MR) is 75.1 cm³/mol. The highest BCUT2D eigenvalue weighted by Crippen LogP contribution is 2.31. The maximum absolute atomic E-state index is 6.02. The average molecular weight is 254 g/mol. The molecule has 1 aromatic carbocycles. The first-order valence-electron chi connectivity index (χ1n) is 6.74. The monoisotopic (exact) mass is 254 g/mol. The zero-order valence-corrected chi connectivity index (χ0v) is 10.9. The van der Waals surface area contributed by atoms with Crippen molar-refractivity contribution in [3.8, 4) is 5.75 Å². The standard InChI is InChI=1S/C16H18N2O/c17-16-7-4-12-11-14(5-6-15(12)16)19-10-8-13-3-1-2-9-18-13/h1-3,5-6,9,11,16H,4,7-8,10,17H2/t16-/m1/s1. The molecule has 0 saturated carbocycles. The van der Waals surface area contributed by atoms with Gasteiger partial charge in [0.15, 0.2) is 0 Å². The Hall–Kier alpha value is -1.87. The average Bonchev–Trinajstić information content (AvgIpc) is 2.81. The van der Waals surface area contributed by atoms with Gasteiger partial charge in [-0.15, -0.1) is 0 Å². The molecule has 3 heteroatoms. The summed E-state index contributed by atoms with van der Waals surface area (Å²) >= 11 is 0. The minimum absolute atomic E-state index is 0.206. The van der Waals surface area contributed by atoms with Crippen LogP contribution in [0.15, 0.2) is 42.6 Å². The lowest BCUT2D eigenvalue weighted by atomic mass is 10.1. The Labute approximate surface area is 113 Å². The molecule has 1 aromatic heterocycles. The van der Waals surface area contributed by atoms with Gasteiger partial charge < -0.3 is 10.5 Å². The number of benzene rings is 1. The number of aromatic nitrogens is 1. The molecule has 98 valence electrons. The van der Waals surface area contributed by atoms with Crippen molar-refractivity contribution in [2.45, 2.75) is 25.3 Å². The fourth-order valence-electron chi connectivity index (χ4n) is 2.54. The molecule has 0 fully saturated rings. The molecule has 1 aliphatic carbocycles. The smallest absolute Gasteiger partial charge is 0.119 e. The van der Waals surface area contributed by atoms with Gasteiger partial charge in [-0.25, -0.2) is 0 Å². The van der Waals surface area contributed by atoms with Gasteiger partial charge in [-0.1, -0.05) is 12.1 Å². The Bertz CT molecular complexity index is 554. The minimum atomic E-state index is 0.206. The van der Waals surface area contributed by atoms with Crippen molar-refractivity contribution in [3.05, 3.63) is 59.4 Å². The molecule has 0 saturated heterocycles. The first-order chi connectivity index (χ1) is 9.33. The van der Waals surface area contributed by atoms with Gasteiger partial charge in [-0.3, -0.25) is 4.98 Å². The third kappa shape index (κ3) is 2.76. The van der Waals surface area contributed by atoms with E-state index < -0.39 is 0 Å². The molecule has 0 aliphatic heterocycles. The van der Waals surface area contributed by atoms with Crippen molar-refractivity contribution >= 4 is 0 Å². The number of aryl methyl sites for hydroxylation is 1. The van der Waals surface area contributed by atoms with E-state index in [9.17, 15) is 0 Å². The van der Waals surface area contributed by atoms with Crippen molar-refractivity contribution in [2.24, 2.45) is 5.73 Å². The Kier molecular flexibility index (Phi) is 3.47. The lowest BCUT2D eigenvalue weighted by Gasteiger charge is -2.09. The highest BCUT2D eigenvalue weighted by Gasteiger charge is 2.18. The maximum atomic E-state index is 6.02. The number of rotatable bonds is 4. The number of pyridine rings is 1. The van der Waals surface area contributed by atoms with Gasteiger partial charge in [0, 0.05) is 24.4 Å². The van der Waals surface area contributed by atoms with E-state index in [0.29, 0.717) is 6.61 Å². The molecule has 1 heterocycles. The van der Waals surface area contributed by atoms with Crippen LogP contribution in [0.2, 0.25) is 0 Å². The summed E-state index contributed by atoms with van der Waals surface area (Å²) in [6.45, 7) is 0.655. The third-order valence-corrected chi connectivity index (χ3v) is 3.59. The van der Waals surface area contributed by atoms with Crippen molar-refractivity contribution in [2.75, 3.05) is 6.61 Å². The molecule has 0 unspecified atom stereocenters. The maximum Gasteiger partial charge on any atom is 0.119 e. The minimum Gasteiger partial charge on any atom is -0.493 e. The van der Waals surface area contributed by atoms with E-state index in [-0.39, 0.29) is 6.04 Å². The van der Waals surface area contributed by atoms with Crippen LogP contribution in [-0.2, 0) is 12.8 Å². The summed E-state index contributed by atoms with van der Waals surface area (Å²) in [4.78, 5) is 4.28. The Balaban J connectivity index is 1.59. The first-order valence-corrected chi connectivity index (χ1v) is 6.74. The van der Waals surface area contributed by atoms with E-state index in [1.807, 2.05) is 30.5 Å². The summed E-state index contributed by atoms with van der Waals surface area (Å²) in [7, 11) is 0. The normalized spacial score (nSPS) is 17.2. The molecule has 2 N–H and O–H groups in total. The van der Waals surface area contributed by atoms with Gasteiger partial charge >= 0.3 is 0 Å². The highest BCUT2D eigenvalue weighted by atomic mass is 16.5. The van der Waals surface area contributed by atoms with Crippen LogP contribution < -0.4 is 10.5 Å². The van der Waals surface area contributed by atoms with Gasteiger partial charge in [-0.2, -0.15) is 0 Å². The zero-order chi connectivity index (χ0) is 13.1. The van der Waals surface area contributed by atoms with E-state index in [1.54, 1.807) is 0 Å². The number of fused-ring (bicyclic) bond motifs is 1. The summed E-state index contributed by atoms with van der Waals surface area (Å²) < 4.78 is 5.79. The van der Waals surface area contributed by atoms with Crippen molar-refractivity contribution in [3.63, 3.8) is 0 Å². The second kappa shape index (κ2) is 5.41. The first kappa shape index (κ1) is 12.2. The van der Waals surface area contributed by atoms with E-state index in [2.05, 4.69) is 17.1 Å². The second-order valence-electron chi connectivity index (χ2n) is 4.93. The number of hydrogen-bond donors (Lipinski definition) is 1. The molecule has 1 atom stereocenters. The third-order valence-electron chi connectivity index (χ3n) is 3.59. The zero-order valence-electron chi connectivity index (χ0n) is 10.9. The van der Waals surface area contributed by atoms with Gasteiger partial charge in [0.1, 0.15) is 5.75 Å². The molecule has 0 amide bonds. The summed E-state index contributed by atoms with van der Waals surface area (Å²) in [6, 6.07) is 12.4. The topological polar surface area (TPSA) is 48.1 Å². The SMILES string of the molecule is N[C@@H]1CCc2cc(OCCc3ccccn3)ccc21. The molecule has 3 nitrogen and oxygen atoms in total. The van der Waals surface area contributed by atoms with E-state index in [1.165, 1.54) is 11.1 Å². The van der Waals surface area contributed by atoms with E-state index in [0.717, 1.165) is 30.7 Å². The molecule has 0 spiro atoms. The molecule has 3 rings (SSSR count). The molecular weight excluding hydrogens is 236 g/mol. The summed E-state index contributed by atoms with van der Waals surface area (Å²) in [5.74, 6) is 0.934. The molecule has 0 bridgehead atoms. The fourth-order valence-corrected chi connectivity index (χ4v) is 2.54. The summed E-state index contributed by atoms with van der Waals surface area (Å²) in [6.07, 6.45) is 4.75. The Morgan fingerprint density at radius 2 is 2.21 bits per heavy atom. The van der Waals surface area contributed by atoms with Gasteiger partial charge in [-0.05, 0) is 48.2 Å². The van der Waals surface area contributed by atoms with Crippen LogP contribution in [0.3, 0.4) is 0 Å². The quantitative estimate of drug-likeness (QED) is 0.912. The van der Waals surface area contributed by atoms with Crippen molar-refractivity contribution < 1.29 is 4.74 Å². The number of nitrogens with zero attached hydrogens (tertiary/aromatic N) is 1. The van der Waals surface area contributed by atoms with Crippen LogP contribution in [0.4, 0.5) is 0 Å². The van der Waals surface area contributed by atoms with Crippen LogP contribution in [-0.4, -0.2) is 11.6 Å². The number of ether oxygens (including phenoxy) is 1. The molecule has 19 heavy (non-hydrogen) atoms. The lowest BCUT2D eigenvalue weighted by molar-refractivity contribution is 0.320. The number of hydrogen-bond acceptors (Lipinski definition) is 3. The summed E-state index contributed by atoms with van der Waals surface area (Å²) in [5.41, 5.74) is 9.70.